The predicted octanol–water partition coefficient (Wildman–Crippen LogP) is 1.31. The molecule has 2 heterocycles. The molecular weight excluding hydrogens is 350 g/mol. The molecular formula is C19H29N3O3S. The van der Waals surface area contributed by atoms with E-state index in [9.17, 15) is 13.2 Å². The molecule has 144 valence electrons. The lowest BCUT2D eigenvalue weighted by atomic mass is 9.97. The molecule has 6 nitrogen and oxygen atoms in total. The first-order valence-electron chi connectivity index (χ1n) is 9.35. The molecule has 7 heteroatoms. The average molecular weight is 380 g/mol. The van der Waals surface area contributed by atoms with Gasteiger partial charge in [0.05, 0.1) is 12.2 Å². The molecule has 2 aliphatic rings. The van der Waals surface area contributed by atoms with E-state index in [0.29, 0.717) is 13.1 Å². The summed E-state index contributed by atoms with van der Waals surface area (Å²) in [6.45, 7) is 7.09. The van der Waals surface area contributed by atoms with Gasteiger partial charge >= 0.3 is 0 Å². The number of benzene rings is 1. The zero-order chi connectivity index (χ0) is 18.7. The number of piperazine rings is 1. The second-order valence-corrected chi connectivity index (χ2v) is 9.47. The van der Waals surface area contributed by atoms with Gasteiger partial charge in [0, 0.05) is 45.8 Å². The summed E-state index contributed by atoms with van der Waals surface area (Å²) in [5, 5.41) is 0. The van der Waals surface area contributed by atoms with Crippen LogP contribution in [-0.2, 0) is 21.4 Å². The fourth-order valence-corrected chi connectivity index (χ4v) is 4.77. The van der Waals surface area contributed by atoms with Gasteiger partial charge in [-0.05, 0) is 30.9 Å². The summed E-state index contributed by atoms with van der Waals surface area (Å²) in [5.74, 6) is -0.0738. The molecule has 2 saturated heterocycles. The molecule has 1 atom stereocenters. The van der Waals surface area contributed by atoms with E-state index in [1.807, 2.05) is 4.90 Å². The van der Waals surface area contributed by atoms with Crippen molar-refractivity contribution in [3.05, 3.63) is 35.4 Å². The van der Waals surface area contributed by atoms with Crippen molar-refractivity contribution in [2.75, 3.05) is 45.5 Å². The number of aryl methyl sites for hydroxylation is 1. The van der Waals surface area contributed by atoms with Crippen molar-refractivity contribution in [1.29, 1.82) is 0 Å². The number of amides is 1. The minimum atomic E-state index is -3.22. The van der Waals surface area contributed by atoms with Crippen LogP contribution in [0.3, 0.4) is 0 Å². The van der Waals surface area contributed by atoms with Crippen LogP contribution in [0.1, 0.15) is 24.0 Å². The van der Waals surface area contributed by atoms with Crippen molar-refractivity contribution in [3.8, 4) is 0 Å². The Balaban J connectivity index is 1.53. The van der Waals surface area contributed by atoms with Gasteiger partial charge in [0.2, 0.25) is 15.9 Å². The number of hydrogen-bond donors (Lipinski definition) is 0. The van der Waals surface area contributed by atoms with Gasteiger partial charge in [-0.2, -0.15) is 0 Å². The Morgan fingerprint density at radius 2 is 1.81 bits per heavy atom. The third kappa shape index (κ3) is 4.64. The summed E-state index contributed by atoms with van der Waals surface area (Å²) in [6, 6.07) is 8.42. The van der Waals surface area contributed by atoms with Crippen LogP contribution in [0.4, 0.5) is 0 Å². The van der Waals surface area contributed by atoms with E-state index in [1.54, 1.807) is 0 Å². The Hall–Kier alpha value is -1.44. The van der Waals surface area contributed by atoms with Crippen molar-refractivity contribution in [2.24, 2.45) is 5.92 Å². The Labute approximate surface area is 156 Å². The molecule has 0 radical (unpaired) electrons. The molecule has 1 amide bonds. The maximum atomic E-state index is 12.8. The fourth-order valence-electron chi connectivity index (χ4n) is 3.86. The van der Waals surface area contributed by atoms with Crippen molar-refractivity contribution in [1.82, 2.24) is 14.1 Å². The quantitative estimate of drug-likeness (QED) is 0.791. The lowest BCUT2D eigenvalue weighted by Gasteiger charge is -2.38. The summed E-state index contributed by atoms with van der Waals surface area (Å²) in [7, 11) is -3.22. The van der Waals surface area contributed by atoms with Crippen LogP contribution in [0.15, 0.2) is 24.3 Å². The highest BCUT2D eigenvalue weighted by molar-refractivity contribution is 7.88. The molecule has 0 bridgehead atoms. The van der Waals surface area contributed by atoms with Crippen LogP contribution in [0.2, 0.25) is 0 Å². The SMILES string of the molecule is Cc1ccccc1CN1CCN(C(=O)[C@@H]2CCCN(S(C)(=O)=O)C2)CC1. The monoisotopic (exact) mass is 379 g/mol. The second kappa shape index (κ2) is 8.06. The fraction of sp³-hybridized carbons (Fsp3) is 0.632. The summed E-state index contributed by atoms with van der Waals surface area (Å²) < 4.78 is 25.0. The van der Waals surface area contributed by atoms with E-state index in [-0.39, 0.29) is 11.8 Å². The van der Waals surface area contributed by atoms with Crippen LogP contribution < -0.4 is 0 Å². The normalized spacial score (nSPS) is 23.2. The first-order valence-corrected chi connectivity index (χ1v) is 11.2. The van der Waals surface area contributed by atoms with Gasteiger partial charge in [-0.3, -0.25) is 9.69 Å². The standard InChI is InChI=1S/C19H29N3O3S/c1-16-6-3-4-7-17(16)14-20-10-12-21(13-11-20)19(23)18-8-5-9-22(15-18)26(2,24)25/h3-4,6-7,18H,5,8-15H2,1-2H3/t18-/m1/s1. The van der Waals surface area contributed by atoms with E-state index >= 15 is 0 Å². The third-order valence-corrected chi connectivity index (χ3v) is 6.81. The van der Waals surface area contributed by atoms with E-state index < -0.39 is 10.0 Å². The Kier molecular flexibility index (Phi) is 5.99. The third-order valence-electron chi connectivity index (χ3n) is 5.54. The molecule has 0 unspecified atom stereocenters. The first kappa shape index (κ1) is 19.3. The number of hydrogen-bond acceptors (Lipinski definition) is 4. The van der Waals surface area contributed by atoms with Gasteiger partial charge in [-0.15, -0.1) is 0 Å². The summed E-state index contributed by atoms with van der Waals surface area (Å²) in [6.07, 6.45) is 2.77. The van der Waals surface area contributed by atoms with Crippen LogP contribution >= 0.6 is 0 Å². The van der Waals surface area contributed by atoms with Gasteiger partial charge in [-0.1, -0.05) is 24.3 Å². The zero-order valence-corrected chi connectivity index (χ0v) is 16.5. The van der Waals surface area contributed by atoms with E-state index in [4.69, 9.17) is 0 Å². The lowest BCUT2D eigenvalue weighted by molar-refractivity contribution is -0.138. The number of carbonyl (C=O) groups is 1. The molecule has 26 heavy (non-hydrogen) atoms. The molecule has 2 fully saturated rings. The minimum absolute atomic E-state index is 0.119. The largest absolute Gasteiger partial charge is 0.340 e. The number of carbonyl (C=O) groups excluding carboxylic acids is 1. The van der Waals surface area contributed by atoms with Crippen LogP contribution in [-0.4, -0.2) is 74.0 Å². The Morgan fingerprint density at radius 3 is 2.46 bits per heavy atom. The van der Waals surface area contributed by atoms with Crippen molar-refractivity contribution >= 4 is 15.9 Å². The first-order chi connectivity index (χ1) is 12.3. The summed E-state index contributed by atoms with van der Waals surface area (Å²) >= 11 is 0. The number of nitrogens with zero attached hydrogens (tertiary/aromatic N) is 3. The molecule has 1 aromatic carbocycles. The van der Waals surface area contributed by atoms with Crippen molar-refractivity contribution in [3.63, 3.8) is 0 Å². The van der Waals surface area contributed by atoms with Crippen molar-refractivity contribution < 1.29 is 13.2 Å². The smallest absolute Gasteiger partial charge is 0.227 e. The van der Waals surface area contributed by atoms with E-state index in [0.717, 1.165) is 45.6 Å². The molecule has 0 aromatic heterocycles. The van der Waals surface area contributed by atoms with Gasteiger partial charge < -0.3 is 4.90 Å². The van der Waals surface area contributed by atoms with E-state index in [2.05, 4.69) is 36.1 Å². The highest BCUT2D eigenvalue weighted by atomic mass is 32.2. The van der Waals surface area contributed by atoms with Gasteiger partial charge in [0.1, 0.15) is 0 Å². The van der Waals surface area contributed by atoms with Crippen LogP contribution in [0.5, 0.6) is 0 Å². The Morgan fingerprint density at radius 1 is 1.12 bits per heavy atom. The van der Waals surface area contributed by atoms with Crippen molar-refractivity contribution in [2.45, 2.75) is 26.3 Å². The molecule has 3 rings (SSSR count). The zero-order valence-electron chi connectivity index (χ0n) is 15.7. The second-order valence-electron chi connectivity index (χ2n) is 7.49. The van der Waals surface area contributed by atoms with Crippen LogP contribution in [0.25, 0.3) is 0 Å². The minimum Gasteiger partial charge on any atom is -0.340 e. The summed E-state index contributed by atoms with van der Waals surface area (Å²) in [5.41, 5.74) is 2.64. The predicted molar refractivity (Wildman–Crippen MR) is 102 cm³/mol. The van der Waals surface area contributed by atoms with E-state index in [1.165, 1.54) is 21.7 Å². The molecule has 1 aromatic rings. The maximum Gasteiger partial charge on any atom is 0.227 e. The van der Waals surface area contributed by atoms with Gasteiger partial charge in [0.15, 0.2) is 0 Å². The highest BCUT2D eigenvalue weighted by Crippen LogP contribution is 2.22. The Bertz CT molecular complexity index is 742. The topological polar surface area (TPSA) is 60.9 Å². The molecule has 0 saturated carbocycles. The summed E-state index contributed by atoms with van der Waals surface area (Å²) in [4.78, 5) is 17.1. The number of sulfonamides is 1. The molecule has 2 aliphatic heterocycles. The highest BCUT2D eigenvalue weighted by Gasteiger charge is 2.33. The average Bonchev–Trinajstić information content (AvgIpc) is 2.63. The van der Waals surface area contributed by atoms with Crippen LogP contribution in [0, 0.1) is 12.8 Å². The molecule has 0 spiro atoms. The van der Waals surface area contributed by atoms with Gasteiger partial charge in [-0.25, -0.2) is 12.7 Å². The van der Waals surface area contributed by atoms with Gasteiger partial charge in [0.25, 0.3) is 0 Å². The number of rotatable bonds is 4. The number of piperidine rings is 1. The maximum absolute atomic E-state index is 12.8. The lowest BCUT2D eigenvalue weighted by Crippen LogP contribution is -2.52. The molecule has 0 N–H and O–H groups in total. The molecule has 0 aliphatic carbocycles.